The van der Waals surface area contributed by atoms with E-state index in [1.165, 1.54) is 5.56 Å². The quantitative estimate of drug-likeness (QED) is 0.461. The Labute approximate surface area is 167 Å². The highest BCUT2D eigenvalue weighted by Crippen LogP contribution is 2.29. The normalized spacial score (nSPS) is 10.7. The van der Waals surface area contributed by atoms with Gasteiger partial charge in [-0.05, 0) is 19.1 Å². The third kappa shape index (κ3) is 4.06. The first-order valence-electron chi connectivity index (χ1n) is 9.15. The van der Waals surface area contributed by atoms with E-state index in [0.29, 0.717) is 18.3 Å². The van der Waals surface area contributed by atoms with Gasteiger partial charge in [-0.15, -0.1) is 0 Å². The van der Waals surface area contributed by atoms with Gasteiger partial charge in [0.05, 0.1) is 29.8 Å². The fourth-order valence-electron chi connectivity index (χ4n) is 2.91. The number of rotatable bonds is 6. The maximum absolute atomic E-state index is 13.6. The monoisotopic (exact) mass is 389 g/mol. The minimum absolute atomic E-state index is 0.136. The predicted molar refractivity (Wildman–Crippen MR) is 111 cm³/mol. The molecule has 7 nitrogen and oxygen atoms in total. The lowest BCUT2D eigenvalue weighted by Crippen LogP contribution is -2.07. The zero-order valence-corrected chi connectivity index (χ0v) is 16.1. The van der Waals surface area contributed by atoms with Gasteiger partial charge in [0.15, 0.2) is 11.6 Å². The van der Waals surface area contributed by atoms with Crippen molar-refractivity contribution in [2.45, 2.75) is 13.5 Å². The third-order valence-electron chi connectivity index (χ3n) is 4.39. The molecule has 0 saturated heterocycles. The van der Waals surface area contributed by atoms with Crippen LogP contribution in [0.4, 0.5) is 16.2 Å². The summed E-state index contributed by atoms with van der Waals surface area (Å²) in [6.07, 6.45) is 2.87. The van der Waals surface area contributed by atoms with Crippen LogP contribution < -0.4 is 10.6 Å². The van der Waals surface area contributed by atoms with Crippen LogP contribution in [-0.4, -0.2) is 32.0 Å². The van der Waals surface area contributed by atoms with Gasteiger partial charge in [-0.25, -0.2) is 14.4 Å². The lowest BCUT2D eigenvalue weighted by molar-refractivity contribution is 0.618. The Morgan fingerprint density at radius 2 is 1.86 bits per heavy atom. The summed E-state index contributed by atoms with van der Waals surface area (Å²) < 4.78 is 13.6. The molecule has 0 atom stereocenters. The van der Waals surface area contributed by atoms with E-state index in [9.17, 15) is 4.39 Å². The Morgan fingerprint density at radius 1 is 1.03 bits per heavy atom. The molecule has 0 spiro atoms. The molecule has 3 aromatic heterocycles. The Kier molecular flexibility index (Phi) is 5.15. The van der Waals surface area contributed by atoms with Gasteiger partial charge in [-0.1, -0.05) is 35.9 Å². The van der Waals surface area contributed by atoms with Crippen molar-refractivity contribution in [1.82, 2.24) is 24.9 Å². The van der Waals surface area contributed by atoms with Crippen LogP contribution in [0.2, 0.25) is 0 Å². The largest absolute Gasteiger partial charge is 0.371 e. The van der Waals surface area contributed by atoms with Crippen molar-refractivity contribution in [2.75, 3.05) is 17.7 Å². The topological polar surface area (TPSA) is 91.4 Å². The molecule has 0 fully saturated rings. The Morgan fingerprint density at radius 3 is 2.59 bits per heavy atom. The molecule has 1 aromatic carbocycles. The Balaban J connectivity index is 1.65. The molecular formula is C21H20FN7. The van der Waals surface area contributed by atoms with Gasteiger partial charge in [0.1, 0.15) is 5.82 Å². The number of aryl methyl sites for hydroxylation is 1. The van der Waals surface area contributed by atoms with Crippen molar-refractivity contribution >= 4 is 11.8 Å². The number of hydrogen-bond acceptors (Lipinski definition) is 6. The molecule has 4 rings (SSSR count). The van der Waals surface area contributed by atoms with Crippen molar-refractivity contribution < 1.29 is 4.39 Å². The van der Waals surface area contributed by atoms with Gasteiger partial charge in [-0.2, -0.15) is 4.98 Å². The van der Waals surface area contributed by atoms with Crippen LogP contribution in [0, 0.1) is 12.7 Å². The van der Waals surface area contributed by atoms with Crippen molar-refractivity contribution in [3.8, 4) is 22.6 Å². The van der Waals surface area contributed by atoms with Crippen LogP contribution in [0.1, 0.15) is 11.4 Å². The van der Waals surface area contributed by atoms with Gasteiger partial charge in [0.25, 0.3) is 0 Å². The number of nitrogens with zero attached hydrogens (tertiary/aromatic N) is 4. The first-order chi connectivity index (χ1) is 14.1. The number of pyridine rings is 1. The van der Waals surface area contributed by atoms with E-state index in [1.54, 1.807) is 13.2 Å². The summed E-state index contributed by atoms with van der Waals surface area (Å²) in [5.74, 6) is 0.634. The molecule has 0 aliphatic heterocycles. The molecule has 3 N–H and O–H groups in total. The first-order valence-corrected chi connectivity index (χ1v) is 9.15. The molecule has 0 saturated carbocycles. The number of benzene rings is 1. The van der Waals surface area contributed by atoms with E-state index in [0.717, 1.165) is 28.8 Å². The standard InChI is InChI=1S/C21H20FN7/c1-13-6-8-14(9-7-13)18-19(16-5-3-4-10-24-16)28-17(27-18)12-26-21-25-11-15(22)20(23-2)29-21/h3-11H,12H2,1-2H3,(H,27,28)(H2,23,25,26,29). The summed E-state index contributed by atoms with van der Waals surface area (Å²) in [5, 5.41) is 5.77. The summed E-state index contributed by atoms with van der Waals surface area (Å²) in [7, 11) is 1.61. The maximum Gasteiger partial charge on any atom is 0.225 e. The number of imidazole rings is 1. The highest BCUT2D eigenvalue weighted by Gasteiger charge is 2.15. The van der Waals surface area contributed by atoms with E-state index < -0.39 is 5.82 Å². The number of H-pyrrole nitrogens is 1. The smallest absolute Gasteiger partial charge is 0.225 e. The SMILES string of the molecule is CNc1nc(NCc2nc(-c3ccc(C)cc3)c(-c3ccccn3)[nH]2)ncc1F. The predicted octanol–water partition coefficient (Wildman–Crippen LogP) is 4.03. The second kappa shape index (κ2) is 8.05. The molecule has 29 heavy (non-hydrogen) atoms. The fourth-order valence-corrected chi connectivity index (χ4v) is 2.91. The lowest BCUT2D eigenvalue weighted by atomic mass is 10.1. The minimum Gasteiger partial charge on any atom is -0.371 e. The number of hydrogen-bond donors (Lipinski definition) is 3. The van der Waals surface area contributed by atoms with Crippen molar-refractivity contribution in [3.05, 3.63) is 72.1 Å². The molecule has 0 unspecified atom stereocenters. The molecule has 0 aliphatic carbocycles. The first kappa shape index (κ1) is 18.5. The van der Waals surface area contributed by atoms with Crippen molar-refractivity contribution in [1.29, 1.82) is 0 Å². The van der Waals surface area contributed by atoms with Crippen LogP contribution in [0.25, 0.3) is 22.6 Å². The van der Waals surface area contributed by atoms with Crippen LogP contribution >= 0.6 is 0 Å². The average Bonchev–Trinajstić information content (AvgIpc) is 3.18. The zero-order chi connectivity index (χ0) is 20.2. The second-order valence-corrected chi connectivity index (χ2v) is 6.48. The minimum atomic E-state index is -0.504. The lowest BCUT2D eigenvalue weighted by Gasteiger charge is -2.05. The van der Waals surface area contributed by atoms with Crippen molar-refractivity contribution in [3.63, 3.8) is 0 Å². The van der Waals surface area contributed by atoms with E-state index in [-0.39, 0.29) is 5.82 Å². The number of anilines is 2. The molecule has 0 amide bonds. The van der Waals surface area contributed by atoms with E-state index >= 15 is 0 Å². The van der Waals surface area contributed by atoms with Gasteiger partial charge in [-0.3, -0.25) is 4.98 Å². The number of aromatic amines is 1. The average molecular weight is 389 g/mol. The highest BCUT2D eigenvalue weighted by molar-refractivity contribution is 5.76. The van der Waals surface area contributed by atoms with Gasteiger partial charge >= 0.3 is 0 Å². The number of nitrogens with one attached hydrogen (secondary N) is 3. The summed E-state index contributed by atoms with van der Waals surface area (Å²) >= 11 is 0. The van der Waals surface area contributed by atoms with Crippen LogP contribution in [0.3, 0.4) is 0 Å². The fraction of sp³-hybridized carbons (Fsp3) is 0.143. The molecular weight excluding hydrogens is 369 g/mol. The number of aromatic nitrogens is 5. The third-order valence-corrected chi connectivity index (χ3v) is 4.39. The zero-order valence-electron chi connectivity index (χ0n) is 16.1. The maximum atomic E-state index is 13.6. The Bertz CT molecular complexity index is 1110. The van der Waals surface area contributed by atoms with Crippen LogP contribution in [-0.2, 0) is 6.54 Å². The van der Waals surface area contributed by atoms with Crippen molar-refractivity contribution in [2.24, 2.45) is 0 Å². The van der Waals surface area contributed by atoms with Gasteiger partial charge in [0.2, 0.25) is 5.95 Å². The summed E-state index contributed by atoms with van der Waals surface area (Å²) in [4.78, 5) is 20.6. The molecule has 0 radical (unpaired) electrons. The molecule has 8 heteroatoms. The van der Waals surface area contributed by atoms with Crippen LogP contribution in [0.15, 0.2) is 54.9 Å². The molecule has 0 bridgehead atoms. The van der Waals surface area contributed by atoms with Crippen LogP contribution in [0.5, 0.6) is 0 Å². The summed E-state index contributed by atoms with van der Waals surface area (Å²) in [6.45, 7) is 2.39. The molecule has 3 heterocycles. The highest BCUT2D eigenvalue weighted by atomic mass is 19.1. The molecule has 4 aromatic rings. The van der Waals surface area contributed by atoms with E-state index in [2.05, 4.69) is 42.7 Å². The van der Waals surface area contributed by atoms with Gasteiger partial charge < -0.3 is 15.6 Å². The summed E-state index contributed by atoms with van der Waals surface area (Å²) in [6, 6.07) is 13.9. The second-order valence-electron chi connectivity index (χ2n) is 6.48. The Hall–Kier alpha value is -3.81. The van der Waals surface area contributed by atoms with E-state index in [4.69, 9.17) is 4.98 Å². The van der Waals surface area contributed by atoms with Gasteiger partial charge in [0, 0.05) is 18.8 Å². The van der Waals surface area contributed by atoms with E-state index in [1.807, 2.05) is 37.3 Å². The summed E-state index contributed by atoms with van der Waals surface area (Å²) in [5.41, 5.74) is 4.63. The number of halogens is 1. The molecule has 146 valence electrons. The molecule has 0 aliphatic rings.